The first-order chi connectivity index (χ1) is 15.9. The van der Waals surface area contributed by atoms with Gasteiger partial charge in [0, 0.05) is 18.3 Å². The van der Waals surface area contributed by atoms with Crippen molar-refractivity contribution in [2.45, 2.75) is 38.9 Å². The van der Waals surface area contributed by atoms with Crippen molar-refractivity contribution in [1.29, 1.82) is 0 Å². The Labute approximate surface area is 194 Å². The van der Waals surface area contributed by atoms with Gasteiger partial charge in [0.1, 0.15) is 11.6 Å². The summed E-state index contributed by atoms with van der Waals surface area (Å²) in [6, 6.07) is 12.6. The quantitative estimate of drug-likeness (QED) is 0.331. The highest BCUT2D eigenvalue weighted by molar-refractivity contribution is 5.79. The monoisotopic (exact) mass is 477 g/mol. The highest BCUT2D eigenvalue weighted by atomic mass is 19.4. The summed E-state index contributed by atoms with van der Waals surface area (Å²) in [5.74, 6) is -3.21. The molecule has 0 aliphatic heterocycles. The number of rotatable bonds is 8. The SMILES string of the molecule is CC(C)CC(C(=O)O)c1cc(NCc2cc(F)cc(F)c2)cc(-c2ccc(C(F)(F)F)cc2)c1. The van der Waals surface area contributed by atoms with E-state index in [0.717, 1.165) is 18.2 Å². The van der Waals surface area contributed by atoms with Crippen molar-refractivity contribution < 1.29 is 31.9 Å². The van der Waals surface area contributed by atoms with Crippen LogP contribution < -0.4 is 5.32 Å². The fourth-order valence-corrected chi connectivity index (χ4v) is 3.74. The fourth-order valence-electron chi connectivity index (χ4n) is 3.74. The molecule has 2 N–H and O–H groups in total. The molecule has 0 saturated carbocycles. The largest absolute Gasteiger partial charge is 0.481 e. The molecule has 0 fully saturated rings. The van der Waals surface area contributed by atoms with Gasteiger partial charge in [-0.3, -0.25) is 4.79 Å². The van der Waals surface area contributed by atoms with Gasteiger partial charge in [-0.2, -0.15) is 13.2 Å². The van der Waals surface area contributed by atoms with Crippen LogP contribution in [0.4, 0.5) is 27.6 Å². The first-order valence-corrected chi connectivity index (χ1v) is 10.7. The standard InChI is InChI=1S/C26H24F5NO2/c1-15(2)7-24(25(33)34)19-10-18(17-3-5-20(6-4-17)26(29,30)31)11-23(12-19)32-14-16-8-21(27)13-22(28)9-16/h3-6,8-13,15,24,32H,7,14H2,1-2H3,(H,33,34). The number of carbonyl (C=O) groups is 1. The number of carboxylic acid groups (broad SMARTS) is 1. The van der Waals surface area contributed by atoms with E-state index in [1.165, 1.54) is 24.3 Å². The summed E-state index contributed by atoms with van der Waals surface area (Å²) in [5, 5.41) is 12.8. The van der Waals surface area contributed by atoms with Crippen LogP contribution in [-0.4, -0.2) is 11.1 Å². The number of alkyl halides is 3. The normalized spacial score (nSPS) is 12.6. The topological polar surface area (TPSA) is 49.3 Å². The summed E-state index contributed by atoms with van der Waals surface area (Å²) in [7, 11) is 0. The third-order valence-electron chi connectivity index (χ3n) is 5.33. The Morgan fingerprint density at radius 3 is 2.06 bits per heavy atom. The smallest absolute Gasteiger partial charge is 0.416 e. The number of aliphatic carboxylic acids is 1. The van der Waals surface area contributed by atoms with E-state index in [2.05, 4.69) is 5.32 Å². The molecule has 3 nitrogen and oxygen atoms in total. The zero-order valence-corrected chi connectivity index (χ0v) is 18.6. The molecule has 0 aromatic heterocycles. The van der Waals surface area contributed by atoms with Crippen LogP contribution >= 0.6 is 0 Å². The van der Waals surface area contributed by atoms with E-state index < -0.39 is 35.3 Å². The molecule has 0 spiro atoms. The van der Waals surface area contributed by atoms with E-state index in [9.17, 15) is 31.9 Å². The minimum Gasteiger partial charge on any atom is -0.481 e. The molecule has 3 rings (SSSR count). The molecule has 0 aliphatic carbocycles. The van der Waals surface area contributed by atoms with Crippen LogP contribution in [-0.2, 0) is 17.5 Å². The number of hydrogen-bond donors (Lipinski definition) is 2. The summed E-state index contributed by atoms with van der Waals surface area (Å²) in [6.07, 6.45) is -4.11. The Kier molecular flexibility index (Phi) is 7.59. The molecule has 0 amide bonds. The minimum absolute atomic E-state index is 0.0620. The van der Waals surface area contributed by atoms with Crippen LogP contribution in [0.15, 0.2) is 60.7 Å². The maximum absolute atomic E-state index is 13.5. The molecule has 8 heteroatoms. The van der Waals surface area contributed by atoms with Crippen LogP contribution in [0.25, 0.3) is 11.1 Å². The molecule has 0 radical (unpaired) electrons. The number of anilines is 1. The molecule has 180 valence electrons. The highest BCUT2D eigenvalue weighted by Gasteiger charge is 2.30. The number of hydrogen-bond acceptors (Lipinski definition) is 2. The van der Waals surface area contributed by atoms with Gasteiger partial charge in [0.15, 0.2) is 0 Å². The maximum Gasteiger partial charge on any atom is 0.416 e. The van der Waals surface area contributed by atoms with Gasteiger partial charge in [0.2, 0.25) is 0 Å². The second kappa shape index (κ2) is 10.2. The Morgan fingerprint density at radius 2 is 1.53 bits per heavy atom. The molecular formula is C26H24F5NO2. The van der Waals surface area contributed by atoms with Gasteiger partial charge >= 0.3 is 12.1 Å². The van der Waals surface area contributed by atoms with Crippen molar-refractivity contribution in [2.75, 3.05) is 5.32 Å². The number of nitrogens with one attached hydrogen (secondary N) is 1. The van der Waals surface area contributed by atoms with Crippen LogP contribution in [0.1, 0.15) is 42.9 Å². The first kappa shape index (κ1) is 25.2. The summed E-state index contributed by atoms with van der Waals surface area (Å²) in [5.41, 5.74) is 1.51. The van der Waals surface area contributed by atoms with E-state index in [1.807, 2.05) is 13.8 Å². The lowest BCUT2D eigenvalue weighted by Gasteiger charge is -2.19. The number of carboxylic acids is 1. The van der Waals surface area contributed by atoms with Gasteiger partial charge in [0.25, 0.3) is 0 Å². The van der Waals surface area contributed by atoms with Crippen molar-refractivity contribution in [3.63, 3.8) is 0 Å². The lowest BCUT2D eigenvalue weighted by Crippen LogP contribution is -2.14. The van der Waals surface area contributed by atoms with Gasteiger partial charge in [0.05, 0.1) is 11.5 Å². The molecule has 1 atom stereocenters. The predicted molar refractivity (Wildman–Crippen MR) is 120 cm³/mol. The lowest BCUT2D eigenvalue weighted by molar-refractivity contribution is -0.139. The summed E-state index contributed by atoms with van der Waals surface area (Å²) < 4.78 is 65.9. The van der Waals surface area contributed by atoms with Crippen molar-refractivity contribution in [2.24, 2.45) is 5.92 Å². The van der Waals surface area contributed by atoms with Crippen molar-refractivity contribution in [3.05, 3.63) is 89.0 Å². The lowest BCUT2D eigenvalue weighted by atomic mass is 9.88. The average Bonchev–Trinajstić information content (AvgIpc) is 2.74. The Bertz CT molecular complexity index is 1140. The zero-order chi connectivity index (χ0) is 25.0. The highest BCUT2D eigenvalue weighted by Crippen LogP contribution is 2.34. The van der Waals surface area contributed by atoms with Gasteiger partial charge < -0.3 is 10.4 Å². The molecule has 0 heterocycles. The Hall–Kier alpha value is -3.42. The van der Waals surface area contributed by atoms with Gasteiger partial charge in [-0.25, -0.2) is 8.78 Å². The van der Waals surface area contributed by atoms with E-state index in [4.69, 9.17) is 0 Å². The van der Waals surface area contributed by atoms with Gasteiger partial charge in [-0.15, -0.1) is 0 Å². The summed E-state index contributed by atoms with van der Waals surface area (Å²) in [4.78, 5) is 12.0. The van der Waals surface area contributed by atoms with Crippen LogP contribution in [0.5, 0.6) is 0 Å². The van der Waals surface area contributed by atoms with Crippen molar-refractivity contribution in [1.82, 2.24) is 0 Å². The molecule has 3 aromatic rings. The summed E-state index contributed by atoms with van der Waals surface area (Å²) >= 11 is 0. The second-order valence-corrected chi connectivity index (χ2v) is 8.57. The van der Waals surface area contributed by atoms with Gasteiger partial charge in [-0.05, 0) is 71.0 Å². The minimum atomic E-state index is -4.47. The second-order valence-electron chi connectivity index (χ2n) is 8.57. The van der Waals surface area contributed by atoms with E-state index in [0.29, 0.717) is 34.4 Å². The van der Waals surface area contributed by atoms with Crippen molar-refractivity contribution >= 4 is 11.7 Å². The van der Waals surface area contributed by atoms with Crippen LogP contribution in [0.2, 0.25) is 0 Å². The third kappa shape index (κ3) is 6.56. The van der Waals surface area contributed by atoms with Crippen molar-refractivity contribution in [3.8, 4) is 11.1 Å². The Balaban J connectivity index is 2.01. The maximum atomic E-state index is 13.5. The zero-order valence-electron chi connectivity index (χ0n) is 18.6. The van der Waals surface area contributed by atoms with Gasteiger partial charge in [-0.1, -0.05) is 32.0 Å². The van der Waals surface area contributed by atoms with E-state index in [1.54, 1.807) is 18.2 Å². The molecule has 1 unspecified atom stereocenters. The van der Waals surface area contributed by atoms with E-state index >= 15 is 0 Å². The third-order valence-corrected chi connectivity index (χ3v) is 5.33. The van der Waals surface area contributed by atoms with Crippen LogP contribution in [0, 0.1) is 17.6 Å². The van der Waals surface area contributed by atoms with E-state index in [-0.39, 0.29) is 12.5 Å². The first-order valence-electron chi connectivity index (χ1n) is 10.7. The Morgan fingerprint density at radius 1 is 0.912 bits per heavy atom. The predicted octanol–water partition coefficient (Wildman–Crippen LogP) is 7.48. The molecule has 0 aliphatic rings. The molecule has 0 bridgehead atoms. The molecule has 34 heavy (non-hydrogen) atoms. The number of halogens is 5. The molecule has 3 aromatic carbocycles. The molecule has 0 saturated heterocycles. The molecular weight excluding hydrogens is 453 g/mol. The fraction of sp³-hybridized carbons (Fsp3) is 0.269. The van der Waals surface area contributed by atoms with Crippen LogP contribution in [0.3, 0.4) is 0 Å². The summed E-state index contributed by atoms with van der Waals surface area (Å²) in [6.45, 7) is 3.85. The number of benzene rings is 3. The average molecular weight is 477 g/mol.